The summed E-state index contributed by atoms with van der Waals surface area (Å²) in [5, 5.41) is 0. The van der Waals surface area contributed by atoms with Gasteiger partial charge >= 0.3 is 8.80 Å². The van der Waals surface area contributed by atoms with Crippen LogP contribution in [0.5, 0.6) is 0 Å². The van der Waals surface area contributed by atoms with Crippen LogP contribution in [0.2, 0.25) is 0 Å². The fourth-order valence-corrected chi connectivity index (χ4v) is 3.04. The third-order valence-corrected chi connectivity index (χ3v) is 5.11. The van der Waals surface area contributed by atoms with E-state index in [4.69, 9.17) is 18.0 Å². The Kier molecular flexibility index (Phi) is 4.49. The van der Waals surface area contributed by atoms with Gasteiger partial charge in [-0.1, -0.05) is 0 Å². The summed E-state index contributed by atoms with van der Waals surface area (Å²) in [4.78, 5) is 2.13. The van der Waals surface area contributed by atoms with Gasteiger partial charge in [0.25, 0.3) is 0 Å². The summed E-state index contributed by atoms with van der Waals surface area (Å²) in [6.45, 7) is 1.77. The van der Waals surface area contributed by atoms with Crippen molar-refractivity contribution in [2.75, 3.05) is 47.7 Å². The molecule has 0 aromatic heterocycles. The highest BCUT2D eigenvalue weighted by Crippen LogP contribution is 2.13. The first kappa shape index (κ1) is 12.1. The predicted octanol–water partition coefficient (Wildman–Crippen LogP) is -0.266. The maximum Gasteiger partial charge on any atom is 0.514 e. The first-order valence-electron chi connectivity index (χ1n) is 4.61. The highest BCUT2D eigenvalue weighted by atomic mass is 28.4. The van der Waals surface area contributed by atoms with E-state index >= 15 is 0 Å². The Hall–Kier alpha value is 0.0169. The highest BCUT2D eigenvalue weighted by Gasteiger charge is 2.40. The maximum atomic E-state index is 5.32. The molecule has 0 N–H and O–H groups in total. The van der Waals surface area contributed by atoms with Crippen LogP contribution in [0.3, 0.4) is 0 Å². The minimum atomic E-state index is -2.45. The molecule has 1 saturated heterocycles. The fraction of sp³-hybridized carbons (Fsp3) is 1.00. The lowest BCUT2D eigenvalue weighted by Gasteiger charge is -2.28. The SMILES string of the molecule is CO[Si](CN(C)CC1CO1)(OC)OC. The number of rotatable bonds is 7. The lowest BCUT2D eigenvalue weighted by molar-refractivity contribution is 0.106. The van der Waals surface area contributed by atoms with Gasteiger partial charge in [-0.2, -0.15) is 0 Å². The van der Waals surface area contributed by atoms with Crippen molar-refractivity contribution in [1.82, 2.24) is 4.90 Å². The number of epoxide rings is 1. The average Bonchev–Trinajstić information content (AvgIpc) is 2.98. The standard InChI is InChI=1S/C8H19NO4Si/c1-9(5-8-6-13-8)7-14(10-2,11-3)12-4/h8H,5-7H2,1-4H3. The molecule has 1 atom stereocenters. The first-order valence-corrected chi connectivity index (χ1v) is 6.54. The van der Waals surface area contributed by atoms with Crippen LogP contribution in [-0.2, 0) is 18.0 Å². The van der Waals surface area contributed by atoms with Gasteiger partial charge in [-0.05, 0) is 7.05 Å². The minimum absolute atomic E-state index is 0.386. The zero-order valence-corrected chi connectivity index (χ0v) is 10.3. The summed E-state index contributed by atoms with van der Waals surface area (Å²) >= 11 is 0. The minimum Gasteiger partial charge on any atom is -0.376 e. The van der Waals surface area contributed by atoms with Crippen LogP contribution < -0.4 is 0 Å². The van der Waals surface area contributed by atoms with E-state index in [-0.39, 0.29) is 0 Å². The number of hydrogen-bond donors (Lipinski definition) is 0. The molecule has 1 heterocycles. The molecule has 1 rings (SSSR count). The van der Waals surface area contributed by atoms with Crippen LogP contribution in [0, 0.1) is 0 Å². The fourth-order valence-electron chi connectivity index (χ4n) is 1.36. The predicted molar refractivity (Wildman–Crippen MR) is 54.0 cm³/mol. The molecule has 0 aliphatic carbocycles. The van der Waals surface area contributed by atoms with Gasteiger partial charge in [0.15, 0.2) is 0 Å². The summed E-state index contributed by atoms with van der Waals surface area (Å²) in [7, 11) is 4.44. The van der Waals surface area contributed by atoms with Crippen molar-refractivity contribution >= 4 is 8.80 Å². The van der Waals surface area contributed by atoms with Crippen molar-refractivity contribution < 1.29 is 18.0 Å². The van der Waals surface area contributed by atoms with E-state index in [1.165, 1.54) is 0 Å². The smallest absolute Gasteiger partial charge is 0.376 e. The number of ether oxygens (including phenoxy) is 1. The van der Waals surface area contributed by atoms with Gasteiger partial charge in [-0.25, -0.2) is 0 Å². The zero-order chi connectivity index (χ0) is 10.6. The van der Waals surface area contributed by atoms with E-state index in [1.54, 1.807) is 21.3 Å². The Balaban J connectivity index is 2.35. The normalized spacial score (nSPS) is 21.6. The third kappa shape index (κ3) is 3.30. The molecule has 84 valence electrons. The third-order valence-electron chi connectivity index (χ3n) is 2.31. The van der Waals surface area contributed by atoms with Gasteiger partial charge < -0.3 is 18.0 Å². The average molecular weight is 221 g/mol. The van der Waals surface area contributed by atoms with E-state index in [0.717, 1.165) is 13.2 Å². The summed E-state index contributed by atoms with van der Waals surface area (Å²) in [6, 6.07) is 0. The Labute approximate surface area is 86.3 Å². The molecular formula is C8H19NO4Si. The lowest BCUT2D eigenvalue weighted by atomic mass is 10.5. The van der Waals surface area contributed by atoms with Gasteiger partial charge in [0.2, 0.25) is 0 Å². The molecule has 1 aliphatic heterocycles. The molecule has 6 heteroatoms. The van der Waals surface area contributed by atoms with Crippen molar-refractivity contribution in [3.63, 3.8) is 0 Å². The van der Waals surface area contributed by atoms with Crippen molar-refractivity contribution in [2.24, 2.45) is 0 Å². The summed E-state index contributed by atoms with van der Waals surface area (Å²) in [5.41, 5.74) is 0. The molecule has 0 bridgehead atoms. The summed E-state index contributed by atoms with van der Waals surface area (Å²) < 4.78 is 21.1. The molecular weight excluding hydrogens is 202 g/mol. The molecule has 0 aromatic rings. The Bertz CT molecular complexity index is 164. The van der Waals surface area contributed by atoms with Crippen LogP contribution in [-0.4, -0.2) is 67.5 Å². The van der Waals surface area contributed by atoms with Crippen molar-refractivity contribution in [1.29, 1.82) is 0 Å². The summed E-state index contributed by atoms with van der Waals surface area (Å²) in [5.74, 6) is 0. The van der Waals surface area contributed by atoms with E-state index in [9.17, 15) is 0 Å². The van der Waals surface area contributed by atoms with Crippen LogP contribution in [0.15, 0.2) is 0 Å². The quantitative estimate of drug-likeness (QED) is 0.437. The van der Waals surface area contributed by atoms with E-state index in [2.05, 4.69) is 4.90 Å². The molecule has 1 aliphatic rings. The Morgan fingerprint density at radius 1 is 1.29 bits per heavy atom. The van der Waals surface area contributed by atoms with Crippen LogP contribution in [0.25, 0.3) is 0 Å². The Morgan fingerprint density at radius 2 is 1.79 bits per heavy atom. The Morgan fingerprint density at radius 3 is 2.14 bits per heavy atom. The summed E-state index contributed by atoms with van der Waals surface area (Å²) in [6.07, 6.45) is 1.08. The van der Waals surface area contributed by atoms with Crippen molar-refractivity contribution in [3.05, 3.63) is 0 Å². The van der Waals surface area contributed by atoms with Gasteiger partial charge in [0, 0.05) is 27.9 Å². The topological polar surface area (TPSA) is 43.5 Å². The monoisotopic (exact) mass is 221 g/mol. The molecule has 0 radical (unpaired) electrons. The van der Waals surface area contributed by atoms with Gasteiger partial charge in [0.05, 0.1) is 18.9 Å². The van der Waals surface area contributed by atoms with Crippen LogP contribution in [0.4, 0.5) is 0 Å². The number of hydrogen-bond acceptors (Lipinski definition) is 5. The van der Waals surface area contributed by atoms with E-state index in [1.807, 2.05) is 7.05 Å². The highest BCUT2D eigenvalue weighted by molar-refractivity contribution is 6.60. The first-order chi connectivity index (χ1) is 6.65. The van der Waals surface area contributed by atoms with Gasteiger partial charge in [-0.3, -0.25) is 4.90 Å². The molecule has 0 saturated carbocycles. The largest absolute Gasteiger partial charge is 0.514 e. The number of nitrogens with zero attached hydrogens (tertiary/aromatic N) is 1. The lowest BCUT2D eigenvalue weighted by Crippen LogP contribution is -2.53. The number of likely N-dealkylation sites (N-methyl/N-ethyl adjacent to an activating group) is 1. The van der Waals surface area contributed by atoms with Crippen LogP contribution >= 0.6 is 0 Å². The van der Waals surface area contributed by atoms with Gasteiger partial charge in [-0.15, -0.1) is 0 Å². The second-order valence-electron chi connectivity index (χ2n) is 3.45. The maximum absolute atomic E-state index is 5.32. The van der Waals surface area contributed by atoms with Crippen LogP contribution in [0.1, 0.15) is 0 Å². The molecule has 1 unspecified atom stereocenters. The second kappa shape index (κ2) is 5.20. The molecule has 14 heavy (non-hydrogen) atoms. The molecule has 0 amide bonds. The molecule has 0 spiro atoms. The molecule has 5 nitrogen and oxygen atoms in total. The van der Waals surface area contributed by atoms with E-state index < -0.39 is 8.80 Å². The van der Waals surface area contributed by atoms with Crippen molar-refractivity contribution in [3.8, 4) is 0 Å². The van der Waals surface area contributed by atoms with Gasteiger partial charge in [0.1, 0.15) is 0 Å². The molecule has 1 fully saturated rings. The van der Waals surface area contributed by atoms with E-state index in [0.29, 0.717) is 12.3 Å². The zero-order valence-electron chi connectivity index (χ0n) is 9.28. The van der Waals surface area contributed by atoms with Crippen molar-refractivity contribution in [2.45, 2.75) is 6.10 Å². The second-order valence-corrected chi connectivity index (χ2v) is 6.35. The molecule has 0 aromatic carbocycles.